The molecule has 0 saturated carbocycles. The Labute approximate surface area is 110 Å². The van der Waals surface area contributed by atoms with E-state index in [1.807, 2.05) is 12.1 Å². The van der Waals surface area contributed by atoms with Gasteiger partial charge in [0.05, 0.1) is 0 Å². The Morgan fingerprint density at radius 1 is 1.06 bits per heavy atom. The summed E-state index contributed by atoms with van der Waals surface area (Å²) < 4.78 is 0. The molecule has 1 fully saturated rings. The van der Waals surface area contributed by atoms with Gasteiger partial charge in [-0.25, -0.2) is 0 Å². The Morgan fingerprint density at radius 3 is 2.06 bits per heavy atom. The Bertz CT molecular complexity index is 356. The molecule has 0 amide bonds. The average molecular weight is 252 g/mol. The van der Waals surface area contributed by atoms with Gasteiger partial charge in [-0.05, 0) is 70.3 Å². The first kappa shape index (κ1) is 12.9. The second-order valence-electron chi connectivity index (χ2n) is 5.98. The van der Waals surface area contributed by atoms with E-state index in [4.69, 9.17) is 11.6 Å². The highest BCUT2D eigenvalue weighted by Crippen LogP contribution is 2.31. The second-order valence-corrected chi connectivity index (χ2v) is 6.42. The molecule has 0 spiro atoms. The fraction of sp³-hybridized carbons (Fsp3) is 0.600. The molecule has 0 aromatic heterocycles. The van der Waals surface area contributed by atoms with Crippen molar-refractivity contribution in [3.8, 4) is 0 Å². The van der Waals surface area contributed by atoms with Gasteiger partial charge in [0.25, 0.3) is 0 Å². The Balaban J connectivity index is 1.97. The molecule has 1 aliphatic rings. The zero-order valence-electron chi connectivity index (χ0n) is 11.0. The SMILES string of the molecule is CC(C)(C)N1CCC(c2ccc(Cl)cc2)CC1. The number of halogens is 1. The van der Waals surface area contributed by atoms with E-state index in [1.54, 1.807) is 0 Å². The molecule has 2 rings (SSSR count). The lowest BCUT2D eigenvalue weighted by molar-refractivity contribution is 0.102. The van der Waals surface area contributed by atoms with Crippen molar-refractivity contribution in [1.29, 1.82) is 0 Å². The molecule has 0 radical (unpaired) electrons. The standard InChI is InChI=1S/C15H22ClN/c1-15(2,3)17-10-8-13(9-11-17)12-4-6-14(16)7-5-12/h4-7,13H,8-11H2,1-3H3. The number of hydrogen-bond acceptors (Lipinski definition) is 1. The van der Waals surface area contributed by atoms with Gasteiger partial charge in [0, 0.05) is 10.6 Å². The van der Waals surface area contributed by atoms with Crippen LogP contribution in [-0.2, 0) is 0 Å². The number of rotatable bonds is 1. The molecule has 1 aromatic carbocycles. The third-order valence-electron chi connectivity index (χ3n) is 3.79. The topological polar surface area (TPSA) is 3.24 Å². The third kappa shape index (κ3) is 3.23. The lowest BCUT2D eigenvalue weighted by atomic mass is 9.87. The highest BCUT2D eigenvalue weighted by atomic mass is 35.5. The van der Waals surface area contributed by atoms with Crippen LogP contribution in [0.5, 0.6) is 0 Å². The average Bonchev–Trinajstić information content (AvgIpc) is 2.29. The van der Waals surface area contributed by atoms with Crippen LogP contribution in [0.1, 0.15) is 45.1 Å². The quantitative estimate of drug-likeness (QED) is 0.719. The van der Waals surface area contributed by atoms with Gasteiger partial charge < -0.3 is 0 Å². The summed E-state index contributed by atoms with van der Waals surface area (Å²) in [6, 6.07) is 8.37. The molecule has 1 nitrogen and oxygen atoms in total. The van der Waals surface area contributed by atoms with Crippen molar-refractivity contribution in [1.82, 2.24) is 4.90 Å². The molecule has 0 N–H and O–H groups in total. The first-order valence-electron chi connectivity index (χ1n) is 6.47. The summed E-state index contributed by atoms with van der Waals surface area (Å²) in [7, 11) is 0. The van der Waals surface area contributed by atoms with Crippen molar-refractivity contribution in [2.75, 3.05) is 13.1 Å². The Kier molecular flexibility index (Phi) is 3.79. The summed E-state index contributed by atoms with van der Waals surface area (Å²) in [6.07, 6.45) is 2.53. The highest BCUT2D eigenvalue weighted by Gasteiger charge is 2.27. The van der Waals surface area contributed by atoms with Gasteiger partial charge in [0.15, 0.2) is 0 Å². The van der Waals surface area contributed by atoms with E-state index in [9.17, 15) is 0 Å². The first-order chi connectivity index (χ1) is 7.97. The van der Waals surface area contributed by atoms with Crippen LogP contribution in [0.4, 0.5) is 0 Å². The summed E-state index contributed by atoms with van der Waals surface area (Å²) in [6.45, 7) is 9.31. The van der Waals surface area contributed by atoms with Gasteiger partial charge in [-0.1, -0.05) is 23.7 Å². The first-order valence-corrected chi connectivity index (χ1v) is 6.85. The predicted molar refractivity (Wildman–Crippen MR) is 74.8 cm³/mol. The van der Waals surface area contributed by atoms with Crippen molar-refractivity contribution in [2.24, 2.45) is 0 Å². The molecule has 17 heavy (non-hydrogen) atoms. The monoisotopic (exact) mass is 251 g/mol. The van der Waals surface area contributed by atoms with Crippen LogP contribution in [0.3, 0.4) is 0 Å². The minimum Gasteiger partial charge on any atom is -0.298 e. The fourth-order valence-corrected chi connectivity index (χ4v) is 2.74. The van der Waals surface area contributed by atoms with E-state index in [0.717, 1.165) is 5.02 Å². The number of piperidine rings is 1. The van der Waals surface area contributed by atoms with Gasteiger partial charge in [0.2, 0.25) is 0 Å². The largest absolute Gasteiger partial charge is 0.298 e. The van der Waals surface area contributed by atoms with Crippen LogP contribution in [-0.4, -0.2) is 23.5 Å². The zero-order valence-corrected chi connectivity index (χ0v) is 11.8. The summed E-state index contributed by atoms with van der Waals surface area (Å²) >= 11 is 5.93. The van der Waals surface area contributed by atoms with Crippen LogP contribution in [0.15, 0.2) is 24.3 Å². The molecule has 0 bridgehead atoms. The number of benzene rings is 1. The smallest absolute Gasteiger partial charge is 0.0406 e. The Morgan fingerprint density at radius 2 is 1.59 bits per heavy atom. The van der Waals surface area contributed by atoms with Crippen molar-refractivity contribution >= 4 is 11.6 Å². The molecule has 94 valence electrons. The molecule has 1 aliphatic heterocycles. The third-order valence-corrected chi connectivity index (χ3v) is 4.04. The molecule has 1 heterocycles. The fourth-order valence-electron chi connectivity index (χ4n) is 2.62. The van der Waals surface area contributed by atoms with Crippen LogP contribution < -0.4 is 0 Å². The van der Waals surface area contributed by atoms with E-state index in [-0.39, 0.29) is 0 Å². The van der Waals surface area contributed by atoms with Crippen LogP contribution in [0, 0.1) is 0 Å². The molecule has 1 saturated heterocycles. The number of hydrogen-bond donors (Lipinski definition) is 0. The van der Waals surface area contributed by atoms with Crippen molar-refractivity contribution < 1.29 is 0 Å². The van der Waals surface area contributed by atoms with E-state index in [0.29, 0.717) is 11.5 Å². The molecule has 0 atom stereocenters. The van der Waals surface area contributed by atoms with Crippen LogP contribution in [0.25, 0.3) is 0 Å². The van der Waals surface area contributed by atoms with E-state index < -0.39 is 0 Å². The minimum absolute atomic E-state index is 0.310. The van der Waals surface area contributed by atoms with E-state index in [1.165, 1.54) is 31.5 Å². The second kappa shape index (κ2) is 4.99. The normalized spacial score (nSPS) is 19.5. The van der Waals surface area contributed by atoms with Gasteiger partial charge in [-0.2, -0.15) is 0 Å². The zero-order chi connectivity index (χ0) is 12.5. The highest BCUT2D eigenvalue weighted by molar-refractivity contribution is 6.30. The summed E-state index contributed by atoms with van der Waals surface area (Å²) in [5.74, 6) is 0.714. The maximum Gasteiger partial charge on any atom is 0.0406 e. The lowest BCUT2D eigenvalue weighted by Crippen LogP contribution is -2.45. The molecule has 0 aliphatic carbocycles. The number of nitrogens with zero attached hydrogens (tertiary/aromatic N) is 1. The Hall–Kier alpha value is -0.530. The van der Waals surface area contributed by atoms with Crippen molar-refractivity contribution in [3.05, 3.63) is 34.9 Å². The molecular weight excluding hydrogens is 230 g/mol. The molecule has 0 unspecified atom stereocenters. The summed E-state index contributed by atoms with van der Waals surface area (Å²) in [4.78, 5) is 2.58. The van der Waals surface area contributed by atoms with Crippen molar-refractivity contribution in [3.63, 3.8) is 0 Å². The maximum absolute atomic E-state index is 5.93. The van der Waals surface area contributed by atoms with Gasteiger partial charge in [-0.3, -0.25) is 4.90 Å². The van der Waals surface area contributed by atoms with Gasteiger partial charge in [0.1, 0.15) is 0 Å². The lowest BCUT2D eigenvalue weighted by Gasteiger charge is -2.41. The molecular formula is C15H22ClN. The van der Waals surface area contributed by atoms with E-state index >= 15 is 0 Å². The summed E-state index contributed by atoms with van der Waals surface area (Å²) in [5.41, 5.74) is 1.76. The molecule has 2 heteroatoms. The predicted octanol–water partition coefficient (Wildman–Crippen LogP) is 4.32. The number of likely N-dealkylation sites (tertiary alicyclic amines) is 1. The van der Waals surface area contributed by atoms with Gasteiger partial charge >= 0.3 is 0 Å². The summed E-state index contributed by atoms with van der Waals surface area (Å²) in [5, 5.41) is 0.834. The molecule has 1 aromatic rings. The van der Waals surface area contributed by atoms with Crippen LogP contribution in [0.2, 0.25) is 5.02 Å². The van der Waals surface area contributed by atoms with Gasteiger partial charge in [-0.15, -0.1) is 0 Å². The van der Waals surface area contributed by atoms with Crippen molar-refractivity contribution in [2.45, 2.75) is 45.1 Å². The van der Waals surface area contributed by atoms with Crippen LogP contribution >= 0.6 is 11.6 Å². The minimum atomic E-state index is 0.310. The van der Waals surface area contributed by atoms with E-state index in [2.05, 4.69) is 37.8 Å². The maximum atomic E-state index is 5.93.